The van der Waals surface area contributed by atoms with Crippen LogP contribution in [0.15, 0.2) is 41.7 Å². The minimum Gasteiger partial charge on any atom is -0.484 e. The first kappa shape index (κ1) is 14.5. The summed E-state index contributed by atoms with van der Waals surface area (Å²) in [5, 5.41) is 9.16. The van der Waals surface area contributed by atoms with Crippen molar-refractivity contribution in [3.8, 4) is 11.8 Å². The number of nitrogens with one attached hydrogen (secondary N) is 1. The summed E-state index contributed by atoms with van der Waals surface area (Å²) < 4.78 is 6.05. The number of nitriles is 1. The molecule has 2 aliphatic rings. The van der Waals surface area contributed by atoms with Crippen molar-refractivity contribution in [2.75, 3.05) is 18.6 Å². The summed E-state index contributed by atoms with van der Waals surface area (Å²) in [5.41, 5.74) is 6.13. The molecule has 1 aliphatic carbocycles. The number of hydrogen-bond donors (Lipinski definition) is 1. The van der Waals surface area contributed by atoms with E-state index in [1.807, 2.05) is 12.1 Å². The van der Waals surface area contributed by atoms with Gasteiger partial charge in [0.25, 0.3) is 0 Å². The molecule has 1 aliphatic heterocycles. The van der Waals surface area contributed by atoms with Gasteiger partial charge in [0.05, 0.1) is 42.4 Å². The highest BCUT2D eigenvalue weighted by molar-refractivity contribution is 5.69. The van der Waals surface area contributed by atoms with E-state index in [2.05, 4.69) is 42.4 Å². The third kappa shape index (κ3) is 2.53. The Morgan fingerprint density at radius 3 is 2.91 bits per heavy atom. The number of nitrogens with zero attached hydrogens (tertiary/aromatic N) is 2. The molecule has 5 heteroatoms. The highest BCUT2D eigenvalue weighted by atomic mass is 16.6. The van der Waals surface area contributed by atoms with Crippen LogP contribution in [-0.4, -0.2) is 19.3 Å². The van der Waals surface area contributed by atoms with Gasteiger partial charge in [0.1, 0.15) is 11.4 Å². The van der Waals surface area contributed by atoms with E-state index in [1.165, 1.54) is 0 Å². The van der Waals surface area contributed by atoms with Gasteiger partial charge in [0, 0.05) is 0 Å². The largest absolute Gasteiger partial charge is 0.484 e. The predicted octanol–water partition coefficient (Wildman–Crippen LogP) is 2.86. The maximum absolute atomic E-state index is 9.16. The van der Waals surface area contributed by atoms with Crippen molar-refractivity contribution < 1.29 is 9.57 Å². The molecule has 0 bridgehead atoms. The maximum Gasteiger partial charge on any atom is 0.143 e. The van der Waals surface area contributed by atoms with Crippen molar-refractivity contribution in [1.82, 2.24) is 5.48 Å². The molecule has 1 N–H and O–H groups in total. The maximum atomic E-state index is 9.16. The molecule has 0 unspecified atom stereocenters. The Bertz CT molecular complexity index is 698. The Kier molecular flexibility index (Phi) is 3.55. The Morgan fingerprint density at radius 2 is 2.18 bits per heavy atom. The summed E-state index contributed by atoms with van der Waals surface area (Å²) in [6, 6.07) is 7.71. The molecule has 114 valence electrons. The molecule has 3 rings (SSSR count). The minimum absolute atomic E-state index is 0.317. The van der Waals surface area contributed by atoms with Gasteiger partial charge in [-0.3, -0.25) is 10.3 Å². The van der Waals surface area contributed by atoms with E-state index in [9.17, 15) is 0 Å². The van der Waals surface area contributed by atoms with Gasteiger partial charge in [-0.1, -0.05) is 12.2 Å². The zero-order valence-electron chi connectivity index (χ0n) is 13.0. The van der Waals surface area contributed by atoms with E-state index in [-0.39, 0.29) is 5.60 Å². The van der Waals surface area contributed by atoms with E-state index in [0.717, 1.165) is 29.3 Å². The molecule has 1 aromatic carbocycles. The molecule has 0 atom stereocenters. The third-order valence-corrected chi connectivity index (χ3v) is 3.72. The average molecular weight is 297 g/mol. The standard InChI is InChI=1S/C17H19N3O2/c1-17(2)11-20(14-6-4-5-13(14)19-21-3)15-9-12(10-18)7-8-16(15)22-17/h5-9,19H,4,11H2,1-3H3. The van der Waals surface area contributed by atoms with Gasteiger partial charge < -0.3 is 9.64 Å². The lowest BCUT2D eigenvalue weighted by Gasteiger charge is -2.41. The molecule has 0 aromatic heterocycles. The van der Waals surface area contributed by atoms with Crippen LogP contribution >= 0.6 is 0 Å². The Balaban J connectivity index is 2.05. The normalized spacial score (nSPS) is 18.7. The van der Waals surface area contributed by atoms with Crippen molar-refractivity contribution >= 4 is 5.69 Å². The van der Waals surface area contributed by atoms with Crippen LogP contribution in [0.4, 0.5) is 5.69 Å². The molecule has 0 amide bonds. The van der Waals surface area contributed by atoms with Crippen LogP contribution in [-0.2, 0) is 4.84 Å². The summed E-state index contributed by atoms with van der Waals surface area (Å²) in [6.45, 7) is 4.82. The second kappa shape index (κ2) is 5.39. The quantitative estimate of drug-likeness (QED) is 0.869. The molecule has 0 fully saturated rings. The fourth-order valence-electron chi connectivity index (χ4n) is 2.86. The molecular weight excluding hydrogens is 278 g/mol. The van der Waals surface area contributed by atoms with Gasteiger partial charge in [-0.15, -0.1) is 0 Å². The zero-order chi connectivity index (χ0) is 15.7. The van der Waals surface area contributed by atoms with Crippen LogP contribution in [0.2, 0.25) is 0 Å². The van der Waals surface area contributed by atoms with Gasteiger partial charge in [-0.05, 0) is 38.5 Å². The van der Waals surface area contributed by atoms with E-state index in [4.69, 9.17) is 14.8 Å². The molecule has 0 radical (unpaired) electrons. The van der Waals surface area contributed by atoms with Crippen molar-refractivity contribution in [1.29, 1.82) is 5.26 Å². The topological polar surface area (TPSA) is 57.5 Å². The Hall–Kier alpha value is -2.45. The van der Waals surface area contributed by atoms with Crippen LogP contribution in [0.3, 0.4) is 0 Å². The first-order valence-electron chi connectivity index (χ1n) is 7.24. The van der Waals surface area contributed by atoms with E-state index in [1.54, 1.807) is 13.2 Å². The highest BCUT2D eigenvalue weighted by Gasteiger charge is 2.35. The van der Waals surface area contributed by atoms with Crippen molar-refractivity contribution in [3.63, 3.8) is 0 Å². The molecule has 0 saturated heterocycles. The number of benzene rings is 1. The Morgan fingerprint density at radius 1 is 1.36 bits per heavy atom. The number of allylic oxidation sites excluding steroid dienone is 2. The van der Waals surface area contributed by atoms with Crippen LogP contribution in [0.5, 0.6) is 5.75 Å². The number of rotatable bonds is 3. The summed E-state index contributed by atoms with van der Waals surface area (Å²) in [4.78, 5) is 7.25. The van der Waals surface area contributed by atoms with E-state index < -0.39 is 0 Å². The highest BCUT2D eigenvalue weighted by Crippen LogP contribution is 2.41. The molecule has 0 saturated carbocycles. The van der Waals surface area contributed by atoms with E-state index >= 15 is 0 Å². The summed E-state index contributed by atoms with van der Waals surface area (Å²) in [7, 11) is 1.60. The summed E-state index contributed by atoms with van der Waals surface area (Å²) in [5.74, 6) is 0.791. The summed E-state index contributed by atoms with van der Waals surface area (Å²) >= 11 is 0. The smallest absolute Gasteiger partial charge is 0.143 e. The van der Waals surface area contributed by atoms with Crippen molar-refractivity contribution in [2.45, 2.75) is 25.9 Å². The molecule has 5 nitrogen and oxygen atoms in total. The lowest BCUT2D eigenvalue weighted by molar-refractivity contribution is 0.104. The zero-order valence-corrected chi connectivity index (χ0v) is 13.0. The Labute approximate surface area is 130 Å². The van der Waals surface area contributed by atoms with Crippen LogP contribution < -0.4 is 15.1 Å². The fourth-order valence-corrected chi connectivity index (χ4v) is 2.86. The molecule has 22 heavy (non-hydrogen) atoms. The van der Waals surface area contributed by atoms with Crippen LogP contribution in [0.1, 0.15) is 25.8 Å². The number of fused-ring (bicyclic) bond motifs is 1. The monoisotopic (exact) mass is 297 g/mol. The van der Waals surface area contributed by atoms with Gasteiger partial charge in [-0.2, -0.15) is 5.26 Å². The van der Waals surface area contributed by atoms with Gasteiger partial charge >= 0.3 is 0 Å². The third-order valence-electron chi connectivity index (χ3n) is 3.72. The first-order chi connectivity index (χ1) is 10.5. The number of hydroxylamine groups is 1. The lowest BCUT2D eigenvalue weighted by Crippen LogP contribution is -2.47. The number of ether oxygens (including phenoxy) is 1. The molecule has 1 aromatic rings. The van der Waals surface area contributed by atoms with Gasteiger partial charge in [0.15, 0.2) is 0 Å². The summed E-state index contributed by atoms with van der Waals surface area (Å²) in [6.07, 6.45) is 5.08. The fraction of sp³-hybridized carbons (Fsp3) is 0.353. The lowest BCUT2D eigenvalue weighted by atomic mass is 10.0. The van der Waals surface area contributed by atoms with Crippen LogP contribution in [0, 0.1) is 11.3 Å². The predicted molar refractivity (Wildman–Crippen MR) is 84.1 cm³/mol. The minimum atomic E-state index is -0.317. The number of anilines is 1. The van der Waals surface area contributed by atoms with Gasteiger partial charge in [-0.25, -0.2) is 0 Å². The van der Waals surface area contributed by atoms with E-state index in [0.29, 0.717) is 12.1 Å². The van der Waals surface area contributed by atoms with Crippen molar-refractivity contribution in [2.24, 2.45) is 0 Å². The second-order valence-electron chi connectivity index (χ2n) is 5.99. The molecule has 1 heterocycles. The average Bonchev–Trinajstić information content (AvgIpc) is 2.93. The van der Waals surface area contributed by atoms with Crippen LogP contribution in [0.25, 0.3) is 0 Å². The number of hydrogen-bond acceptors (Lipinski definition) is 5. The first-order valence-corrected chi connectivity index (χ1v) is 7.24. The second-order valence-corrected chi connectivity index (χ2v) is 5.99. The SMILES string of the molecule is CONC1=CCC=C1N1CC(C)(C)Oc2ccc(C#N)cc21. The molecular formula is C17H19N3O2. The molecule has 0 spiro atoms. The van der Waals surface area contributed by atoms with Crippen molar-refractivity contribution in [3.05, 3.63) is 47.3 Å². The van der Waals surface area contributed by atoms with Gasteiger partial charge in [0.2, 0.25) is 0 Å².